The molecule has 6 N–H and O–H groups in total. The van der Waals surface area contributed by atoms with E-state index in [2.05, 4.69) is 31.9 Å². The molecule has 0 unspecified atom stereocenters. The van der Waals surface area contributed by atoms with Gasteiger partial charge in [0.15, 0.2) is 10.2 Å². The van der Waals surface area contributed by atoms with Crippen LogP contribution in [-0.2, 0) is 35.8 Å². The zero-order valence-electron chi connectivity index (χ0n) is 33.4. The lowest BCUT2D eigenvalue weighted by molar-refractivity contribution is 0.0881. The van der Waals surface area contributed by atoms with E-state index in [0.29, 0.717) is 11.1 Å². The highest BCUT2D eigenvalue weighted by Crippen LogP contribution is 2.30. The molecule has 4 amide bonds. The largest absolute Gasteiger partial charge is 0.444 e. The molecule has 0 radical (unpaired) electrons. The van der Waals surface area contributed by atoms with E-state index in [-0.39, 0.29) is 48.3 Å². The summed E-state index contributed by atoms with van der Waals surface area (Å²) in [7, 11) is 0. The number of carbonyl (C=O) groups excluding carboxylic acids is 4. The average molecular weight is 865 g/mol. The van der Waals surface area contributed by atoms with Crippen molar-refractivity contribution in [3.8, 4) is 0 Å². The van der Waals surface area contributed by atoms with E-state index in [4.69, 9.17) is 33.9 Å². The fraction of sp³-hybridized carbons (Fsp3) is 0.125. The number of hydrogen-bond acceptors (Lipinski definition) is 8. The van der Waals surface area contributed by atoms with E-state index in [1.807, 2.05) is 133 Å². The normalized spacial score (nSPS) is 11.4. The summed E-state index contributed by atoms with van der Waals surface area (Å²) in [4.78, 5) is 52.8. The van der Waals surface area contributed by atoms with Crippen LogP contribution >= 0.6 is 24.4 Å². The van der Waals surface area contributed by atoms with Crippen LogP contribution in [-0.4, -0.2) is 34.2 Å². The molecule has 314 valence electrons. The van der Waals surface area contributed by atoms with Crippen LogP contribution in [0.25, 0.3) is 0 Å². The Kier molecular flexibility index (Phi) is 16.2. The maximum Gasteiger partial charge on any atom is 0.413 e. The van der Waals surface area contributed by atoms with Gasteiger partial charge in [0.05, 0.1) is 12.1 Å². The Labute approximate surface area is 370 Å². The highest BCUT2D eigenvalue weighted by Gasteiger charge is 2.29. The number of amides is 4. The zero-order valence-corrected chi connectivity index (χ0v) is 35.0. The summed E-state index contributed by atoms with van der Waals surface area (Å²) in [6, 6.07) is 50.0. The second-order valence-corrected chi connectivity index (χ2v) is 14.7. The SMILES string of the molecule is O=C(NC(=S)NCc1cccc(C(=O)N[C@@H](c2ccccc2)[C@@H](NC(=O)c2cccc(CNC(=S)NC(=O)OCc3ccccc3)c2)c2ccccc2)c1)OCc1ccccc1. The second kappa shape index (κ2) is 22.8. The Balaban J connectivity index is 1.10. The molecule has 14 heteroatoms. The zero-order chi connectivity index (χ0) is 43.5. The highest BCUT2D eigenvalue weighted by molar-refractivity contribution is 7.80. The lowest BCUT2D eigenvalue weighted by Crippen LogP contribution is -2.41. The Morgan fingerprint density at radius 1 is 0.435 bits per heavy atom. The molecule has 6 aromatic carbocycles. The van der Waals surface area contributed by atoms with Gasteiger partial charge in [0.2, 0.25) is 0 Å². The molecule has 0 bridgehead atoms. The molecule has 62 heavy (non-hydrogen) atoms. The number of hydrogen-bond donors (Lipinski definition) is 6. The van der Waals surface area contributed by atoms with Gasteiger partial charge in [-0.3, -0.25) is 20.2 Å². The maximum atomic E-state index is 14.1. The van der Waals surface area contributed by atoms with Crippen molar-refractivity contribution in [3.63, 3.8) is 0 Å². The summed E-state index contributed by atoms with van der Waals surface area (Å²) in [5, 5.41) is 17.5. The molecular weight excluding hydrogens is 821 g/mol. The first-order valence-electron chi connectivity index (χ1n) is 19.6. The van der Waals surface area contributed by atoms with Crippen molar-refractivity contribution in [3.05, 3.63) is 214 Å². The van der Waals surface area contributed by atoms with Gasteiger partial charge in [0, 0.05) is 24.2 Å². The second-order valence-electron chi connectivity index (χ2n) is 13.9. The molecular formula is C48H44N6O6S2. The van der Waals surface area contributed by atoms with Gasteiger partial charge in [0.1, 0.15) is 13.2 Å². The van der Waals surface area contributed by atoms with Crippen molar-refractivity contribution in [1.82, 2.24) is 31.9 Å². The Morgan fingerprint density at radius 3 is 1.15 bits per heavy atom. The van der Waals surface area contributed by atoms with Crippen LogP contribution in [0.1, 0.15) is 66.2 Å². The third-order valence-corrected chi connectivity index (χ3v) is 9.86. The lowest BCUT2D eigenvalue weighted by atomic mass is 9.92. The number of benzene rings is 6. The smallest absolute Gasteiger partial charge is 0.413 e. The number of alkyl carbamates (subject to hydrolysis) is 2. The molecule has 6 rings (SSSR count). The first kappa shape index (κ1) is 44.1. The summed E-state index contributed by atoms with van der Waals surface area (Å²) >= 11 is 10.6. The predicted octanol–water partition coefficient (Wildman–Crippen LogP) is 7.93. The van der Waals surface area contributed by atoms with Gasteiger partial charge in [-0.2, -0.15) is 0 Å². The van der Waals surface area contributed by atoms with Crippen LogP contribution in [0.2, 0.25) is 0 Å². The van der Waals surface area contributed by atoms with Gasteiger partial charge in [-0.25, -0.2) is 9.59 Å². The molecule has 6 aromatic rings. The van der Waals surface area contributed by atoms with E-state index in [1.54, 1.807) is 36.4 Å². The number of nitrogens with one attached hydrogen (secondary N) is 6. The number of carbonyl (C=O) groups is 4. The first-order chi connectivity index (χ1) is 30.2. The number of ether oxygens (including phenoxy) is 2. The quantitative estimate of drug-likeness (QED) is 0.0560. The molecule has 0 aromatic heterocycles. The molecule has 0 saturated heterocycles. The monoisotopic (exact) mass is 864 g/mol. The van der Waals surface area contributed by atoms with Crippen LogP contribution in [0.3, 0.4) is 0 Å². The van der Waals surface area contributed by atoms with Crippen molar-refractivity contribution in [1.29, 1.82) is 0 Å². The van der Waals surface area contributed by atoms with Gasteiger partial charge in [0.25, 0.3) is 11.8 Å². The van der Waals surface area contributed by atoms with E-state index < -0.39 is 24.3 Å². The third-order valence-electron chi connectivity index (χ3n) is 9.37. The maximum absolute atomic E-state index is 14.1. The molecule has 0 heterocycles. The van der Waals surface area contributed by atoms with Crippen LogP contribution in [0.5, 0.6) is 0 Å². The van der Waals surface area contributed by atoms with Gasteiger partial charge >= 0.3 is 12.2 Å². The fourth-order valence-corrected chi connectivity index (χ4v) is 6.60. The predicted molar refractivity (Wildman–Crippen MR) is 245 cm³/mol. The van der Waals surface area contributed by atoms with Crippen LogP contribution in [0.15, 0.2) is 170 Å². The minimum Gasteiger partial charge on any atom is -0.444 e. The van der Waals surface area contributed by atoms with Gasteiger partial charge in [-0.1, -0.05) is 146 Å². The van der Waals surface area contributed by atoms with E-state index in [9.17, 15) is 19.2 Å². The minimum atomic E-state index is -0.703. The number of rotatable bonds is 15. The summed E-state index contributed by atoms with van der Waals surface area (Å²) in [5.41, 5.74) is 5.44. The van der Waals surface area contributed by atoms with Crippen molar-refractivity contribution in [2.24, 2.45) is 0 Å². The molecule has 12 nitrogen and oxygen atoms in total. The standard InChI is InChI=1S/C48H44N6O6S2/c55-43(39-25-13-19-35(27-39)29-49-45(61)53-47(57)59-31-33-15-5-1-6-16-33)51-41(37-21-9-3-10-22-37)42(38-23-11-4-12-24-38)52-44(56)40-26-14-20-36(28-40)30-50-46(62)54-48(58)60-32-34-17-7-2-8-18-34/h1-28,41-42H,29-32H2,(H,51,55)(H,52,56)(H2,49,53,57,61)(H2,50,54,58,62)/t41-,42-/m0/s1. The number of thiocarbonyl (C=S) groups is 2. The molecule has 0 saturated carbocycles. The molecule has 0 aliphatic rings. The van der Waals surface area contributed by atoms with E-state index >= 15 is 0 Å². The Bertz CT molecular complexity index is 2290. The van der Waals surface area contributed by atoms with Crippen molar-refractivity contribution in [2.45, 2.75) is 38.4 Å². The summed E-state index contributed by atoms with van der Waals surface area (Å²) < 4.78 is 10.5. The summed E-state index contributed by atoms with van der Waals surface area (Å²) in [6.45, 7) is 0.647. The Morgan fingerprint density at radius 2 is 0.774 bits per heavy atom. The minimum absolute atomic E-state index is 0.0718. The van der Waals surface area contributed by atoms with Crippen molar-refractivity contribution < 1.29 is 28.7 Å². The van der Waals surface area contributed by atoms with Gasteiger partial charge in [-0.05, 0) is 82.1 Å². The molecule has 0 aliphatic carbocycles. The fourth-order valence-electron chi connectivity index (χ4n) is 6.29. The van der Waals surface area contributed by atoms with Crippen LogP contribution in [0.4, 0.5) is 9.59 Å². The van der Waals surface area contributed by atoms with E-state index in [1.165, 1.54) is 0 Å². The van der Waals surface area contributed by atoms with Crippen molar-refractivity contribution >= 4 is 58.7 Å². The average Bonchev–Trinajstić information content (AvgIpc) is 3.31. The molecule has 2 atom stereocenters. The van der Waals surface area contributed by atoms with Gasteiger partial charge in [-0.15, -0.1) is 0 Å². The topological polar surface area (TPSA) is 159 Å². The third kappa shape index (κ3) is 13.8. The van der Waals surface area contributed by atoms with Gasteiger partial charge < -0.3 is 30.7 Å². The summed E-state index contributed by atoms with van der Waals surface area (Å²) in [6.07, 6.45) is -1.38. The molecule has 0 fully saturated rings. The first-order valence-corrected chi connectivity index (χ1v) is 20.4. The lowest BCUT2D eigenvalue weighted by Gasteiger charge is -2.30. The molecule has 0 aliphatic heterocycles. The van der Waals surface area contributed by atoms with Crippen LogP contribution in [0, 0.1) is 0 Å². The van der Waals surface area contributed by atoms with Crippen molar-refractivity contribution in [2.75, 3.05) is 0 Å². The molecule has 0 spiro atoms. The highest BCUT2D eigenvalue weighted by atomic mass is 32.1. The van der Waals surface area contributed by atoms with E-state index in [0.717, 1.165) is 33.4 Å². The Hall–Kier alpha value is -7.42. The summed E-state index contributed by atoms with van der Waals surface area (Å²) in [5.74, 6) is -0.745. The van der Waals surface area contributed by atoms with Crippen LogP contribution < -0.4 is 31.9 Å².